The molecule has 0 saturated carbocycles. The standard InChI is InChI=1S/C24H36O5.Mg.2H/c1-5-15(3)24(27)29-21-11-14(2)10-17-7-6-16(4)20(23(17)21)9-8-19-12-18(25)13-22(26)28-19;;;/h6-7,10,14-16,18-21,23,25H,5,8-9,11-13H2,1-4H3;;;/q;+2;2*-1/t14-,15?,16-,18+,19+,20-,21-,23-;;;/m0.../s1. The van der Waals surface area contributed by atoms with Crippen LogP contribution < -0.4 is 0 Å². The molecule has 0 aromatic heterocycles. The summed E-state index contributed by atoms with van der Waals surface area (Å²) in [5, 5.41) is 9.89. The van der Waals surface area contributed by atoms with Gasteiger partial charge in [0.1, 0.15) is 12.2 Å². The average molecular weight is 431 g/mol. The van der Waals surface area contributed by atoms with Crippen LogP contribution in [0.15, 0.2) is 23.8 Å². The second-order valence-electron chi connectivity index (χ2n) is 9.36. The molecule has 6 heteroatoms. The van der Waals surface area contributed by atoms with E-state index in [9.17, 15) is 14.7 Å². The van der Waals surface area contributed by atoms with Crippen LogP contribution >= 0.6 is 0 Å². The van der Waals surface area contributed by atoms with Crippen LogP contribution in [0.5, 0.6) is 0 Å². The first-order valence-electron chi connectivity index (χ1n) is 11.3. The first-order chi connectivity index (χ1) is 13.8. The molecule has 1 heterocycles. The third kappa shape index (κ3) is 6.10. The molecule has 0 aromatic carbocycles. The maximum atomic E-state index is 12.5. The largest absolute Gasteiger partial charge is 2.00 e. The molecule has 1 fully saturated rings. The van der Waals surface area contributed by atoms with Crippen molar-refractivity contribution in [3.05, 3.63) is 23.8 Å². The molecule has 5 nitrogen and oxygen atoms in total. The molecule has 2 aliphatic carbocycles. The first-order valence-corrected chi connectivity index (χ1v) is 11.3. The van der Waals surface area contributed by atoms with Gasteiger partial charge >= 0.3 is 35.0 Å². The molecule has 30 heavy (non-hydrogen) atoms. The van der Waals surface area contributed by atoms with Crippen LogP contribution in [-0.2, 0) is 19.1 Å². The summed E-state index contributed by atoms with van der Waals surface area (Å²) >= 11 is 0. The average Bonchev–Trinajstić information content (AvgIpc) is 2.65. The molecule has 166 valence electrons. The van der Waals surface area contributed by atoms with E-state index in [1.54, 1.807) is 0 Å². The van der Waals surface area contributed by atoms with E-state index >= 15 is 0 Å². The van der Waals surface area contributed by atoms with Gasteiger partial charge in [-0.25, -0.2) is 0 Å². The van der Waals surface area contributed by atoms with E-state index < -0.39 is 6.10 Å². The fraction of sp³-hybridized carbons (Fsp3) is 0.750. The van der Waals surface area contributed by atoms with Crippen molar-refractivity contribution in [3.63, 3.8) is 0 Å². The molecule has 0 spiro atoms. The number of carbonyl (C=O) groups excluding carboxylic acids is 2. The molecule has 1 saturated heterocycles. The van der Waals surface area contributed by atoms with Gasteiger partial charge in [-0.2, -0.15) is 0 Å². The van der Waals surface area contributed by atoms with Crippen molar-refractivity contribution >= 4 is 35.0 Å². The van der Waals surface area contributed by atoms with Gasteiger partial charge in [-0.05, 0) is 49.0 Å². The number of esters is 2. The van der Waals surface area contributed by atoms with Gasteiger partial charge in [0.2, 0.25) is 0 Å². The molecule has 8 atom stereocenters. The third-order valence-corrected chi connectivity index (χ3v) is 6.93. The Kier molecular flexibility index (Phi) is 9.44. The monoisotopic (exact) mass is 430 g/mol. The maximum absolute atomic E-state index is 12.5. The van der Waals surface area contributed by atoms with Gasteiger partial charge in [-0.15, -0.1) is 0 Å². The summed E-state index contributed by atoms with van der Waals surface area (Å²) < 4.78 is 11.5. The molecule has 1 unspecified atom stereocenters. The molecule has 1 aliphatic heterocycles. The Labute approximate surface area is 199 Å². The van der Waals surface area contributed by atoms with E-state index in [1.165, 1.54) is 5.57 Å². The summed E-state index contributed by atoms with van der Waals surface area (Å²) in [6, 6.07) is 0. The number of carbonyl (C=O) groups is 2. The van der Waals surface area contributed by atoms with Crippen LogP contribution in [0.25, 0.3) is 0 Å². The van der Waals surface area contributed by atoms with Crippen molar-refractivity contribution in [3.8, 4) is 0 Å². The first kappa shape index (κ1) is 25.4. The summed E-state index contributed by atoms with van der Waals surface area (Å²) in [6.45, 7) is 8.33. The molecule has 0 bridgehead atoms. The Morgan fingerprint density at radius 1 is 1.33 bits per heavy atom. The Bertz CT molecular complexity index is 683. The van der Waals surface area contributed by atoms with E-state index in [1.807, 2.05) is 13.8 Å². The van der Waals surface area contributed by atoms with Crippen LogP contribution in [0.3, 0.4) is 0 Å². The van der Waals surface area contributed by atoms with E-state index in [0.29, 0.717) is 24.2 Å². The van der Waals surface area contributed by atoms with Gasteiger partial charge < -0.3 is 17.4 Å². The fourth-order valence-electron chi connectivity index (χ4n) is 5.07. The second kappa shape index (κ2) is 11.1. The maximum Gasteiger partial charge on any atom is 2.00 e. The number of ether oxygens (including phenoxy) is 2. The summed E-state index contributed by atoms with van der Waals surface area (Å²) in [5.41, 5.74) is 1.27. The Morgan fingerprint density at radius 2 is 2.07 bits per heavy atom. The van der Waals surface area contributed by atoms with E-state index in [-0.39, 0.29) is 68.3 Å². The number of aliphatic hydroxyl groups is 1. The zero-order valence-electron chi connectivity index (χ0n) is 20.9. The van der Waals surface area contributed by atoms with E-state index in [0.717, 1.165) is 25.7 Å². The summed E-state index contributed by atoms with van der Waals surface area (Å²) in [5.74, 6) is 0.755. The molecule has 1 N–H and O–H groups in total. The minimum atomic E-state index is -0.597. The van der Waals surface area contributed by atoms with Crippen LogP contribution in [0, 0.1) is 29.6 Å². The van der Waals surface area contributed by atoms with Crippen molar-refractivity contribution in [2.75, 3.05) is 0 Å². The van der Waals surface area contributed by atoms with Gasteiger partial charge in [0.25, 0.3) is 0 Å². The van der Waals surface area contributed by atoms with Crippen molar-refractivity contribution in [2.24, 2.45) is 29.6 Å². The number of rotatable bonds is 6. The molecule has 0 amide bonds. The van der Waals surface area contributed by atoms with Crippen molar-refractivity contribution in [2.45, 2.75) is 84.5 Å². The van der Waals surface area contributed by atoms with Crippen molar-refractivity contribution in [1.29, 1.82) is 0 Å². The minimum absolute atomic E-state index is 0. The Morgan fingerprint density at radius 3 is 2.73 bits per heavy atom. The zero-order chi connectivity index (χ0) is 21.1. The Hall–Kier alpha value is -0.854. The summed E-state index contributed by atoms with van der Waals surface area (Å²) in [6.07, 6.45) is 9.70. The van der Waals surface area contributed by atoms with Crippen LogP contribution in [0.1, 0.15) is 69.1 Å². The molecular formula is C24H38MgO5. The fourth-order valence-corrected chi connectivity index (χ4v) is 5.07. The van der Waals surface area contributed by atoms with E-state index in [2.05, 4.69) is 32.1 Å². The van der Waals surface area contributed by atoms with Crippen LogP contribution in [0.2, 0.25) is 0 Å². The summed E-state index contributed by atoms with van der Waals surface area (Å²) in [4.78, 5) is 24.2. The molecule has 0 radical (unpaired) electrons. The van der Waals surface area contributed by atoms with Crippen LogP contribution in [-0.4, -0.2) is 58.4 Å². The van der Waals surface area contributed by atoms with Crippen LogP contribution in [0.4, 0.5) is 0 Å². The van der Waals surface area contributed by atoms with Gasteiger partial charge in [0.05, 0.1) is 18.4 Å². The minimum Gasteiger partial charge on any atom is -1.00 e. The SMILES string of the molecule is CCC(C)C(=O)O[C@H]1C[C@@H](C)C=C2C=C[C@H](C)[C@H](CC[C@@H]3C[C@@H](O)CC(=O)O3)[C@H]21.[H-].[H-].[Mg+2]. The zero-order valence-corrected chi connectivity index (χ0v) is 20.3. The number of aliphatic hydroxyl groups excluding tert-OH is 1. The van der Waals surface area contributed by atoms with Crippen molar-refractivity contribution in [1.82, 2.24) is 0 Å². The number of hydrogen-bond acceptors (Lipinski definition) is 5. The molecular weight excluding hydrogens is 393 g/mol. The number of allylic oxidation sites excluding steroid dienone is 3. The Balaban J connectivity index is 0.00000320. The van der Waals surface area contributed by atoms with Crippen molar-refractivity contribution < 1.29 is 27.0 Å². The quantitative estimate of drug-likeness (QED) is 0.508. The molecule has 3 rings (SSSR count). The molecule has 3 aliphatic rings. The second-order valence-corrected chi connectivity index (χ2v) is 9.36. The predicted molar refractivity (Wildman–Crippen MR) is 119 cm³/mol. The number of fused-ring (bicyclic) bond motifs is 1. The smallest absolute Gasteiger partial charge is 1.00 e. The van der Waals surface area contributed by atoms with Gasteiger partial charge in [0, 0.05) is 12.3 Å². The summed E-state index contributed by atoms with van der Waals surface area (Å²) in [7, 11) is 0. The van der Waals surface area contributed by atoms with Gasteiger partial charge in [0.15, 0.2) is 0 Å². The molecule has 0 aromatic rings. The van der Waals surface area contributed by atoms with Gasteiger partial charge in [-0.3, -0.25) is 9.59 Å². The number of hydrogen-bond donors (Lipinski definition) is 1. The van der Waals surface area contributed by atoms with Gasteiger partial charge in [-0.1, -0.05) is 45.9 Å². The predicted octanol–water partition coefficient (Wildman–Crippen LogP) is 4.04. The topological polar surface area (TPSA) is 72.8 Å². The van der Waals surface area contributed by atoms with E-state index in [4.69, 9.17) is 9.47 Å². The third-order valence-electron chi connectivity index (χ3n) is 6.93. The number of cyclic esters (lactones) is 1. The normalized spacial score (nSPS) is 36.6.